The Balaban J connectivity index is 1.69. The third-order valence-electron chi connectivity index (χ3n) is 6.12. The monoisotopic (exact) mass is 489 g/mol. The Morgan fingerprint density at radius 1 is 1.03 bits per heavy atom. The van der Waals surface area contributed by atoms with Gasteiger partial charge in [0.05, 0.1) is 15.7 Å². The predicted molar refractivity (Wildman–Crippen MR) is 138 cm³/mol. The van der Waals surface area contributed by atoms with Gasteiger partial charge in [-0.1, -0.05) is 72.3 Å². The van der Waals surface area contributed by atoms with Crippen LogP contribution < -0.4 is 10.2 Å². The van der Waals surface area contributed by atoms with Crippen LogP contribution in [-0.4, -0.2) is 22.1 Å². The van der Waals surface area contributed by atoms with Gasteiger partial charge in [-0.2, -0.15) is 0 Å². The molecule has 7 heteroatoms. The molecule has 5 nitrogen and oxygen atoms in total. The van der Waals surface area contributed by atoms with Crippen molar-refractivity contribution < 1.29 is 9.59 Å². The van der Waals surface area contributed by atoms with Crippen LogP contribution in [0.1, 0.15) is 23.6 Å². The summed E-state index contributed by atoms with van der Waals surface area (Å²) in [4.78, 5) is 29.0. The van der Waals surface area contributed by atoms with Gasteiger partial charge in [-0.05, 0) is 23.8 Å². The zero-order chi connectivity index (χ0) is 23.7. The first kappa shape index (κ1) is 22.6. The molecule has 1 aliphatic rings. The number of aryl methyl sites for hydroxylation is 1. The minimum absolute atomic E-state index is 0.126. The summed E-state index contributed by atoms with van der Waals surface area (Å²) in [6, 6.07) is 24.1. The fraction of sp³-hybridized carbons (Fsp3) is 0.185. The van der Waals surface area contributed by atoms with E-state index in [0.29, 0.717) is 29.4 Å². The van der Waals surface area contributed by atoms with Crippen molar-refractivity contribution in [2.75, 3.05) is 10.7 Å². The fourth-order valence-corrected chi connectivity index (χ4v) is 5.88. The molecule has 1 atom stereocenters. The maximum absolute atomic E-state index is 13.9. The Labute approximate surface area is 207 Å². The van der Waals surface area contributed by atoms with E-state index in [1.165, 1.54) is 0 Å². The molecule has 172 valence electrons. The lowest BCUT2D eigenvalue weighted by molar-refractivity contribution is -0.126. The number of thioether (sulfide) groups is 1. The molecule has 0 saturated heterocycles. The predicted octanol–water partition coefficient (Wildman–Crippen LogP) is 5.72. The molecule has 0 spiro atoms. The summed E-state index contributed by atoms with van der Waals surface area (Å²) in [6.07, 6.45) is 0.305. The van der Waals surface area contributed by atoms with Crippen LogP contribution in [0.25, 0.3) is 10.9 Å². The van der Waals surface area contributed by atoms with Crippen LogP contribution in [0.4, 0.5) is 5.69 Å². The van der Waals surface area contributed by atoms with Crippen LogP contribution in [0.15, 0.2) is 83.9 Å². The average molecular weight is 490 g/mol. The highest BCUT2D eigenvalue weighted by molar-refractivity contribution is 7.99. The molecule has 2 amide bonds. The van der Waals surface area contributed by atoms with Crippen molar-refractivity contribution in [3.63, 3.8) is 0 Å². The molecule has 0 radical (unpaired) electrons. The number of halogens is 1. The van der Waals surface area contributed by atoms with Crippen LogP contribution >= 0.6 is 23.4 Å². The number of hydrogen-bond acceptors (Lipinski definition) is 3. The first-order chi connectivity index (χ1) is 16.6. The van der Waals surface area contributed by atoms with Gasteiger partial charge in [0.1, 0.15) is 6.04 Å². The third-order valence-corrected chi connectivity index (χ3v) is 7.61. The second kappa shape index (κ2) is 9.57. The second-order valence-electron chi connectivity index (χ2n) is 8.21. The van der Waals surface area contributed by atoms with E-state index in [9.17, 15) is 9.59 Å². The van der Waals surface area contributed by atoms with Gasteiger partial charge in [-0.15, -0.1) is 11.8 Å². The number of carbonyl (C=O) groups excluding carboxylic acids is 2. The molecular formula is C27H24ClN3O2S. The highest BCUT2D eigenvalue weighted by Crippen LogP contribution is 2.43. The van der Waals surface area contributed by atoms with Gasteiger partial charge >= 0.3 is 0 Å². The van der Waals surface area contributed by atoms with Crippen LogP contribution in [0.2, 0.25) is 5.02 Å². The van der Waals surface area contributed by atoms with Crippen molar-refractivity contribution in [3.8, 4) is 0 Å². The maximum atomic E-state index is 13.9. The van der Waals surface area contributed by atoms with Gasteiger partial charge in [0.25, 0.3) is 0 Å². The van der Waals surface area contributed by atoms with Crippen LogP contribution in [0.5, 0.6) is 0 Å². The molecule has 0 aliphatic carbocycles. The molecule has 3 aromatic carbocycles. The lowest BCUT2D eigenvalue weighted by Gasteiger charge is -2.34. The summed E-state index contributed by atoms with van der Waals surface area (Å²) in [6.45, 7) is 0.369. The Morgan fingerprint density at radius 3 is 2.53 bits per heavy atom. The van der Waals surface area contributed by atoms with Gasteiger partial charge in [-0.3, -0.25) is 14.5 Å². The highest BCUT2D eigenvalue weighted by Gasteiger charge is 2.39. The first-order valence-electron chi connectivity index (χ1n) is 11.1. The molecule has 1 unspecified atom stereocenters. The highest BCUT2D eigenvalue weighted by atomic mass is 35.5. The summed E-state index contributed by atoms with van der Waals surface area (Å²) in [7, 11) is 2.01. The molecule has 0 saturated carbocycles. The number of nitrogens with zero attached hydrogens (tertiary/aromatic N) is 2. The van der Waals surface area contributed by atoms with E-state index in [1.54, 1.807) is 28.8 Å². The van der Waals surface area contributed by atoms with E-state index >= 15 is 0 Å². The fourth-order valence-electron chi connectivity index (χ4n) is 4.52. The van der Waals surface area contributed by atoms with Crippen molar-refractivity contribution in [1.82, 2.24) is 9.88 Å². The minimum Gasteiger partial charge on any atom is -0.350 e. The van der Waals surface area contributed by atoms with Crippen LogP contribution in [0, 0.1) is 0 Å². The number of carbonyl (C=O) groups is 2. The van der Waals surface area contributed by atoms with Crippen molar-refractivity contribution in [3.05, 3.63) is 95.0 Å². The quantitative estimate of drug-likeness (QED) is 0.399. The Bertz CT molecular complexity index is 1370. The number of para-hydroxylation sites is 2. The molecule has 34 heavy (non-hydrogen) atoms. The molecule has 1 aliphatic heterocycles. The molecule has 2 heterocycles. The van der Waals surface area contributed by atoms with Crippen molar-refractivity contribution >= 4 is 51.8 Å². The normalized spacial score (nSPS) is 16.1. The molecule has 0 fully saturated rings. The third kappa shape index (κ3) is 4.08. The number of anilines is 1. The van der Waals surface area contributed by atoms with E-state index in [4.69, 9.17) is 11.6 Å². The minimum atomic E-state index is -0.856. The van der Waals surface area contributed by atoms with Crippen LogP contribution in [-0.2, 0) is 23.2 Å². The standard InChI is InChI=1S/C27H24ClN3O2S/c1-30-21-13-7-5-11-19(21)24-25(26(33)29-17-18-9-3-2-4-10-18)31(22-14-8-6-12-20(22)28)23(32)15-16-34-27(24)30/h2-14,25H,15-17H2,1H3,(H,29,33). The van der Waals surface area contributed by atoms with E-state index in [0.717, 1.165) is 27.1 Å². The number of amides is 2. The van der Waals surface area contributed by atoms with Gasteiger partial charge in [0, 0.05) is 42.2 Å². The molecule has 4 aromatic rings. The molecular weight excluding hydrogens is 466 g/mol. The van der Waals surface area contributed by atoms with Gasteiger partial charge in [0.2, 0.25) is 11.8 Å². The van der Waals surface area contributed by atoms with E-state index in [2.05, 4.69) is 9.88 Å². The van der Waals surface area contributed by atoms with E-state index < -0.39 is 6.04 Å². The zero-order valence-corrected chi connectivity index (χ0v) is 20.3. The zero-order valence-electron chi connectivity index (χ0n) is 18.7. The SMILES string of the molecule is Cn1c2c(c3ccccc31)C(C(=O)NCc1ccccc1)N(c1ccccc1Cl)C(=O)CCS2. The molecule has 1 N–H and O–H groups in total. The molecule has 1 aromatic heterocycles. The number of rotatable bonds is 4. The molecule has 5 rings (SSSR count). The van der Waals surface area contributed by atoms with E-state index in [1.807, 2.05) is 73.8 Å². The summed E-state index contributed by atoms with van der Waals surface area (Å²) in [5.74, 6) is 0.256. The number of benzene rings is 3. The molecule has 0 bridgehead atoms. The van der Waals surface area contributed by atoms with Gasteiger partial charge in [-0.25, -0.2) is 0 Å². The smallest absolute Gasteiger partial charge is 0.248 e. The lowest BCUT2D eigenvalue weighted by Crippen LogP contribution is -2.45. The Hall–Kier alpha value is -3.22. The van der Waals surface area contributed by atoms with Crippen molar-refractivity contribution in [2.24, 2.45) is 7.05 Å². The van der Waals surface area contributed by atoms with Gasteiger partial charge < -0.3 is 9.88 Å². The maximum Gasteiger partial charge on any atom is 0.248 e. The van der Waals surface area contributed by atoms with E-state index in [-0.39, 0.29) is 11.8 Å². The Morgan fingerprint density at radius 2 is 1.74 bits per heavy atom. The number of fused-ring (bicyclic) bond motifs is 3. The number of nitrogens with one attached hydrogen (secondary N) is 1. The average Bonchev–Trinajstić information content (AvgIpc) is 3.12. The van der Waals surface area contributed by atoms with Crippen molar-refractivity contribution in [2.45, 2.75) is 24.0 Å². The van der Waals surface area contributed by atoms with Crippen LogP contribution in [0.3, 0.4) is 0 Å². The first-order valence-corrected chi connectivity index (χ1v) is 12.5. The van der Waals surface area contributed by atoms with Gasteiger partial charge in [0.15, 0.2) is 0 Å². The summed E-state index contributed by atoms with van der Waals surface area (Å²) in [5, 5.41) is 5.46. The Kier molecular flexibility index (Phi) is 6.35. The summed E-state index contributed by atoms with van der Waals surface area (Å²) >= 11 is 8.19. The summed E-state index contributed by atoms with van der Waals surface area (Å²) < 4.78 is 2.12. The lowest BCUT2D eigenvalue weighted by atomic mass is 10.0. The summed E-state index contributed by atoms with van der Waals surface area (Å²) in [5.41, 5.74) is 3.39. The topological polar surface area (TPSA) is 54.3 Å². The van der Waals surface area contributed by atoms with Crippen molar-refractivity contribution in [1.29, 1.82) is 0 Å². The number of hydrogen-bond donors (Lipinski definition) is 1. The number of aromatic nitrogens is 1. The largest absolute Gasteiger partial charge is 0.350 e. The second-order valence-corrected chi connectivity index (χ2v) is 9.71.